The first-order valence-corrected chi connectivity index (χ1v) is 5.81. The van der Waals surface area contributed by atoms with E-state index in [-0.39, 0.29) is 4.90 Å². The van der Waals surface area contributed by atoms with Crippen molar-refractivity contribution in [1.82, 2.24) is 0 Å². The molecule has 0 spiro atoms. The van der Waals surface area contributed by atoms with E-state index < -0.39 is 21.4 Å². The first-order chi connectivity index (χ1) is 6.95. The summed E-state index contributed by atoms with van der Waals surface area (Å²) in [6.07, 6.45) is 1.03. The number of hydrogen-bond acceptors (Lipinski definition) is 4. The molecule has 0 aliphatic heterocycles. The maximum absolute atomic E-state index is 11.5. The summed E-state index contributed by atoms with van der Waals surface area (Å²) in [5, 5.41) is 0. The second-order valence-corrected chi connectivity index (χ2v) is 5.09. The van der Waals surface area contributed by atoms with Gasteiger partial charge in [0.1, 0.15) is 5.75 Å². The standard InChI is InChI=1S/C10H9O4S/c1-8-2-4-10(5-3-8)15(13,14)7-9(12)6-11/h2-5H,7H2,1H3. The van der Waals surface area contributed by atoms with Gasteiger partial charge in [-0.05, 0) is 19.1 Å². The van der Waals surface area contributed by atoms with E-state index in [0.717, 1.165) is 11.8 Å². The van der Waals surface area contributed by atoms with Crippen LogP contribution in [0.5, 0.6) is 0 Å². The largest absolute Gasteiger partial charge is 0.289 e. The molecule has 0 atom stereocenters. The maximum atomic E-state index is 11.5. The highest BCUT2D eigenvalue weighted by Gasteiger charge is 2.18. The molecule has 0 fully saturated rings. The third-order valence-electron chi connectivity index (χ3n) is 1.82. The average molecular weight is 225 g/mol. The molecule has 0 bridgehead atoms. The molecular weight excluding hydrogens is 216 g/mol. The van der Waals surface area contributed by atoms with Crippen LogP contribution in [0.15, 0.2) is 29.2 Å². The van der Waals surface area contributed by atoms with Crippen molar-refractivity contribution in [2.75, 3.05) is 5.75 Å². The Morgan fingerprint density at radius 1 is 1.27 bits per heavy atom. The summed E-state index contributed by atoms with van der Waals surface area (Å²) in [5.41, 5.74) is 0.919. The van der Waals surface area contributed by atoms with Crippen molar-refractivity contribution in [2.24, 2.45) is 0 Å². The van der Waals surface area contributed by atoms with Crippen LogP contribution in [0.2, 0.25) is 0 Å². The smallest absolute Gasteiger partial charge is 0.273 e. The number of hydrogen-bond donors (Lipinski definition) is 0. The predicted molar refractivity (Wildman–Crippen MR) is 53.9 cm³/mol. The van der Waals surface area contributed by atoms with E-state index in [1.54, 1.807) is 12.1 Å². The highest BCUT2D eigenvalue weighted by Crippen LogP contribution is 2.11. The topological polar surface area (TPSA) is 68.3 Å². The number of carbonyl (C=O) groups excluding carboxylic acids is 2. The minimum atomic E-state index is -3.70. The van der Waals surface area contributed by atoms with Crippen LogP contribution in [0.3, 0.4) is 0 Å². The highest BCUT2D eigenvalue weighted by molar-refractivity contribution is 7.92. The second kappa shape index (κ2) is 4.35. The Morgan fingerprint density at radius 3 is 2.27 bits per heavy atom. The van der Waals surface area contributed by atoms with Gasteiger partial charge in [-0.3, -0.25) is 9.59 Å². The lowest BCUT2D eigenvalue weighted by Gasteiger charge is -2.01. The molecule has 0 saturated heterocycles. The Hall–Kier alpha value is -1.49. The molecule has 0 heterocycles. The fourth-order valence-electron chi connectivity index (χ4n) is 1.03. The molecule has 0 N–H and O–H groups in total. The summed E-state index contributed by atoms with van der Waals surface area (Å²) in [5.74, 6) is -1.88. The van der Waals surface area contributed by atoms with Crippen LogP contribution in [-0.2, 0) is 19.4 Å². The summed E-state index contributed by atoms with van der Waals surface area (Å²) in [6.45, 7) is 1.82. The Balaban J connectivity index is 3.01. The SMILES string of the molecule is Cc1ccc(S(=O)(=O)CC(=O)[C]=O)cc1. The average Bonchev–Trinajstić information content (AvgIpc) is 2.17. The zero-order valence-corrected chi connectivity index (χ0v) is 8.87. The Bertz CT molecular complexity index is 471. The first kappa shape index (κ1) is 11.6. The molecule has 1 radical (unpaired) electrons. The maximum Gasteiger partial charge on any atom is 0.273 e. The monoisotopic (exact) mass is 225 g/mol. The quantitative estimate of drug-likeness (QED) is 0.697. The van der Waals surface area contributed by atoms with Gasteiger partial charge in [0.2, 0.25) is 5.78 Å². The zero-order valence-electron chi connectivity index (χ0n) is 8.06. The number of aryl methyl sites for hydroxylation is 1. The molecule has 4 nitrogen and oxygen atoms in total. The van der Waals surface area contributed by atoms with Crippen LogP contribution in [0.4, 0.5) is 0 Å². The van der Waals surface area contributed by atoms with Crippen LogP contribution in [0.1, 0.15) is 5.56 Å². The fourth-order valence-corrected chi connectivity index (χ4v) is 2.15. The molecule has 0 aliphatic carbocycles. The van der Waals surface area contributed by atoms with Crippen LogP contribution in [-0.4, -0.2) is 26.2 Å². The Labute approximate surface area is 87.8 Å². The summed E-state index contributed by atoms with van der Waals surface area (Å²) >= 11 is 0. The molecular formula is C10H9O4S. The van der Waals surface area contributed by atoms with Gasteiger partial charge in [0.05, 0.1) is 4.90 Å². The lowest BCUT2D eigenvalue weighted by Crippen LogP contribution is -2.16. The number of Topliss-reactive ketones (excluding diaryl/α,β-unsaturated/α-hetero) is 1. The fraction of sp³-hybridized carbons (Fsp3) is 0.200. The van der Waals surface area contributed by atoms with E-state index in [0.29, 0.717) is 0 Å². The first-order valence-electron chi connectivity index (χ1n) is 4.16. The third-order valence-corrected chi connectivity index (χ3v) is 3.45. The number of ketones is 1. The van der Waals surface area contributed by atoms with E-state index in [2.05, 4.69) is 0 Å². The molecule has 1 aromatic carbocycles. The van der Waals surface area contributed by atoms with Gasteiger partial charge in [0, 0.05) is 0 Å². The summed E-state index contributed by atoms with van der Waals surface area (Å²) in [4.78, 5) is 20.6. The van der Waals surface area contributed by atoms with E-state index >= 15 is 0 Å². The normalized spacial score (nSPS) is 11.0. The lowest BCUT2D eigenvalue weighted by molar-refractivity contribution is -0.110. The van der Waals surface area contributed by atoms with E-state index in [1.165, 1.54) is 12.1 Å². The number of sulfone groups is 1. The van der Waals surface area contributed by atoms with Gasteiger partial charge in [-0.2, -0.15) is 0 Å². The van der Waals surface area contributed by atoms with Gasteiger partial charge in [-0.25, -0.2) is 8.42 Å². The molecule has 5 heteroatoms. The molecule has 0 aliphatic rings. The summed E-state index contributed by atoms with van der Waals surface area (Å²) in [6, 6.07) is 6.06. The third kappa shape index (κ3) is 2.99. The van der Waals surface area contributed by atoms with Gasteiger partial charge < -0.3 is 0 Å². The van der Waals surface area contributed by atoms with Crippen molar-refractivity contribution in [2.45, 2.75) is 11.8 Å². The summed E-state index contributed by atoms with van der Waals surface area (Å²) in [7, 11) is -3.70. The van der Waals surface area contributed by atoms with E-state index in [1.807, 2.05) is 6.92 Å². The van der Waals surface area contributed by atoms with Crippen molar-refractivity contribution in [3.05, 3.63) is 29.8 Å². The molecule has 1 aromatic rings. The van der Waals surface area contributed by atoms with Crippen molar-refractivity contribution >= 4 is 21.9 Å². The van der Waals surface area contributed by atoms with Gasteiger partial charge in [0.15, 0.2) is 9.84 Å². The Kier molecular flexibility index (Phi) is 3.36. The number of rotatable bonds is 4. The molecule has 79 valence electrons. The van der Waals surface area contributed by atoms with Crippen molar-refractivity contribution < 1.29 is 18.0 Å². The van der Waals surface area contributed by atoms with Crippen LogP contribution >= 0.6 is 0 Å². The van der Waals surface area contributed by atoms with Crippen molar-refractivity contribution in [3.63, 3.8) is 0 Å². The van der Waals surface area contributed by atoms with Crippen molar-refractivity contribution in [1.29, 1.82) is 0 Å². The van der Waals surface area contributed by atoms with E-state index in [9.17, 15) is 18.0 Å². The molecule has 0 unspecified atom stereocenters. The lowest BCUT2D eigenvalue weighted by atomic mass is 10.2. The minimum Gasteiger partial charge on any atom is -0.289 e. The highest BCUT2D eigenvalue weighted by atomic mass is 32.2. The molecule has 15 heavy (non-hydrogen) atoms. The van der Waals surface area contributed by atoms with Gasteiger partial charge >= 0.3 is 0 Å². The van der Waals surface area contributed by atoms with Crippen LogP contribution < -0.4 is 0 Å². The van der Waals surface area contributed by atoms with Crippen LogP contribution in [0.25, 0.3) is 0 Å². The predicted octanol–water partition coefficient (Wildman–Crippen LogP) is 0.448. The molecule has 0 aromatic heterocycles. The van der Waals surface area contributed by atoms with Gasteiger partial charge in [0.25, 0.3) is 6.29 Å². The molecule has 1 rings (SSSR count). The summed E-state index contributed by atoms with van der Waals surface area (Å²) < 4.78 is 23.0. The zero-order chi connectivity index (χ0) is 11.5. The van der Waals surface area contributed by atoms with Gasteiger partial charge in [-0.15, -0.1) is 0 Å². The second-order valence-electron chi connectivity index (χ2n) is 3.10. The van der Waals surface area contributed by atoms with Crippen molar-refractivity contribution in [3.8, 4) is 0 Å². The molecule has 0 saturated carbocycles. The number of benzene rings is 1. The van der Waals surface area contributed by atoms with E-state index in [4.69, 9.17) is 0 Å². The van der Waals surface area contributed by atoms with Gasteiger partial charge in [-0.1, -0.05) is 17.7 Å². The Morgan fingerprint density at radius 2 is 1.80 bits per heavy atom. The van der Waals surface area contributed by atoms with Crippen LogP contribution in [0, 0.1) is 6.92 Å². The minimum absolute atomic E-state index is 0.0386. The number of carbonyl (C=O) groups is 1. The molecule has 0 amide bonds.